The summed E-state index contributed by atoms with van der Waals surface area (Å²) in [7, 11) is -3.50. The number of nitrogens with one attached hydrogen (secondary N) is 1. The van der Waals surface area contributed by atoms with Crippen LogP contribution >= 0.6 is 11.3 Å². The third kappa shape index (κ3) is 4.52. The van der Waals surface area contributed by atoms with Gasteiger partial charge in [0.2, 0.25) is 5.91 Å². The minimum atomic E-state index is -3.50. The average molecular weight is 389 g/mol. The Morgan fingerprint density at radius 1 is 1.23 bits per heavy atom. The third-order valence-electron chi connectivity index (χ3n) is 4.20. The average Bonchev–Trinajstić information content (AvgIpc) is 3.22. The van der Waals surface area contributed by atoms with E-state index in [1.807, 2.05) is 30.3 Å². The van der Waals surface area contributed by atoms with E-state index in [0.717, 1.165) is 5.56 Å². The molecule has 1 aliphatic heterocycles. The van der Waals surface area contributed by atoms with Crippen molar-refractivity contribution in [1.82, 2.24) is 9.62 Å². The summed E-state index contributed by atoms with van der Waals surface area (Å²) in [5.74, 6) is 5.43. The molecule has 1 aromatic carbocycles. The standard InChI is InChI=1S/C19H20N2O3S2/c22-19(20-12-4-9-16-7-2-1-3-8-16)17-10-5-13-21(15-17)26(23,24)18-11-6-14-25-18/h1-3,6-8,11,14,17H,5,10,12-13,15H2,(H,20,22). The van der Waals surface area contributed by atoms with Crippen molar-refractivity contribution in [2.45, 2.75) is 17.1 Å². The molecule has 2 heterocycles. The molecule has 7 heteroatoms. The fourth-order valence-electron chi connectivity index (χ4n) is 2.86. The number of carbonyl (C=O) groups is 1. The number of carbonyl (C=O) groups excluding carboxylic acids is 1. The topological polar surface area (TPSA) is 66.5 Å². The summed E-state index contributed by atoms with van der Waals surface area (Å²) in [6.07, 6.45) is 1.37. The van der Waals surface area contributed by atoms with Gasteiger partial charge in [-0.25, -0.2) is 8.42 Å². The number of rotatable bonds is 4. The van der Waals surface area contributed by atoms with Crippen LogP contribution in [-0.2, 0) is 14.8 Å². The predicted octanol–water partition coefficient (Wildman–Crippen LogP) is 2.32. The van der Waals surface area contributed by atoms with Crippen LogP contribution < -0.4 is 5.32 Å². The Balaban J connectivity index is 1.56. The number of amides is 1. The van der Waals surface area contributed by atoms with E-state index in [9.17, 15) is 13.2 Å². The molecular formula is C19H20N2O3S2. The van der Waals surface area contributed by atoms with Crippen molar-refractivity contribution in [1.29, 1.82) is 0 Å². The van der Waals surface area contributed by atoms with E-state index in [1.54, 1.807) is 17.5 Å². The van der Waals surface area contributed by atoms with Gasteiger partial charge in [0.25, 0.3) is 10.0 Å². The fraction of sp³-hybridized carbons (Fsp3) is 0.316. The Bertz CT molecular complexity index is 897. The van der Waals surface area contributed by atoms with E-state index in [0.29, 0.717) is 23.6 Å². The molecule has 1 amide bonds. The Morgan fingerprint density at radius 3 is 2.77 bits per heavy atom. The Hall–Kier alpha value is -2.14. The lowest BCUT2D eigenvalue weighted by Crippen LogP contribution is -2.45. The van der Waals surface area contributed by atoms with Gasteiger partial charge in [0, 0.05) is 18.7 Å². The highest BCUT2D eigenvalue weighted by Gasteiger charge is 2.33. The van der Waals surface area contributed by atoms with Gasteiger partial charge in [-0.15, -0.1) is 11.3 Å². The normalized spacial score (nSPS) is 17.9. The first kappa shape index (κ1) is 18.6. The number of nitrogens with zero attached hydrogens (tertiary/aromatic N) is 1. The van der Waals surface area contributed by atoms with Crippen LogP contribution in [0, 0.1) is 17.8 Å². The van der Waals surface area contributed by atoms with Crippen molar-refractivity contribution < 1.29 is 13.2 Å². The highest BCUT2D eigenvalue weighted by Crippen LogP contribution is 2.26. The van der Waals surface area contributed by atoms with E-state index in [2.05, 4.69) is 17.2 Å². The molecule has 1 unspecified atom stereocenters. The van der Waals surface area contributed by atoms with Gasteiger partial charge in [-0.1, -0.05) is 36.1 Å². The van der Waals surface area contributed by atoms with E-state index >= 15 is 0 Å². The lowest BCUT2D eigenvalue weighted by Gasteiger charge is -2.30. The molecule has 0 spiro atoms. The molecule has 26 heavy (non-hydrogen) atoms. The number of hydrogen-bond acceptors (Lipinski definition) is 4. The molecule has 1 aliphatic rings. The van der Waals surface area contributed by atoms with Crippen molar-refractivity contribution >= 4 is 27.3 Å². The Labute approximate surface area is 158 Å². The third-order valence-corrected chi connectivity index (χ3v) is 7.44. The minimum absolute atomic E-state index is 0.140. The number of benzene rings is 1. The number of piperidine rings is 1. The van der Waals surface area contributed by atoms with E-state index in [-0.39, 0.29) is 24.9 Å². The van der Waals surface area contributed by atoms with Crippen LogP contribution in [0.3, 0.4) is 0 Å². The first-order chi connectivity index (χ1) is 12.6. The molecule has 1 fully saturated rings. The smallest absolute Gasteiger partial charge is 0.252 e. The summed E-state index contributed by atoms with van der Waals surface area (Å²) in [4.78, 5) is 12.4. The second kappa shape index (κ2) is 8.49. The van der Waals surface area contributed by atoms with Gasteiger partial charge in [-0.2, -0.15) is 4.31 Å². The minimum Gasteiger partial charge on any atom is -0.345 e. The van der Waals surface area contributed by atoms with Crippen LogP contribution in [0.15, 0.2) is 52.1 Å². The van der Waals surface area contributed by atoms with Gasteiger partial charge < -0.3 is 5.32 Å². The molecule has 3 rings (SSSR count). The summed E-state index contributed by atoms with van der Waals surface area (Å²) in [5, 5.41) is 4.54. The highest BCUT2D eigenvalue weighted by atomic mass is 32.2. The van der Waals surface area contributed by atoms with Gasteiger partial charge >= 0.3 is 0 Å². The second-order valence-electron chi connectivity index (χ2n) is 6.02. The van der Waals surface area contributed by atoms with Crippen molar-refractivity contribution in [3.8, 4) is 11.8 Å². The summed E-state index contributed by atoms with van der Waals surface area (Å²) < 4.78 is 27.0. The number of hydrogen-bond donors (Lipinski definition) is 1. The molecule has 1 saturated heterocycles. The second-order valence-corrected chi connectivity index (χ2v) is 9.13. The predicted molar refractivity (Wildman–Crippen MR) is 102 cm³/mol. The van der Waals surface area contributed by atoms with Crippen molar-refractivity contribution in [2.24, 2.45) is 5.92 Å². The molecular weight excluding hydrogens is 368 g/mol. The molecule has 1 atom stereocenters. The van der Waals surface area contributed by atoms with Gasteiger partial charge in [0.05, 0.1) is 12.5 Å². The molecule has 0 radical (unpaired) electrons. The van der Waals surface area contributed by atoms with Gasteiger partial charge in [-0.05, 0) is 36.4 Å². The van der Waals surface area contributed by atoms with Crippen LogP contribution in [0.5, 0.6) is 0 Å². The van der Waals surface area contributed by atoms with Crippen molar-refractivity contribution in [2.75, 3.05) is 19.6 Å². The summed E-state index contributed by atoms with van der Waals surface area (Å²) >= 11 is 1.20. The lowest BCUT2D eigenvalue weighted by molar-refractivity contribution is -0.125. The summed E-state index contributed by atoms with van der Waals surface area (Å²) in [5.41, 5.74) is 0.896. The van der Waals surface area contributed by atoms with Crippen molar-refractivity contribution in [3.63, 3.8) is 0 Å². The Kier molecular flexibility index (Phi) is 6.09. The number of thiophene rings is 1. The molecule has 136 valence electrons. The molecule has 0 saturated carbocycles. The monoisotopic (exact) mass is 388 g/mol. The zero-order valence-corrected chi connectivity index (χ0v) is 15.9. The van der Waals surface area contributed by atoms with Crippen LogP contribution in [0.4, 0.5) is 0 Å². The number of sulfonamides is 1. The van der Waals surface area contributed by atoms with Crippen LogP contribution in [0.25, 0.3) is 0 Å². The van der Waals surface area contributed by atoms with Crippen LogP contribution in [0.2, 0.25) is 0 Å². The molecule has 2 aromatic rings. The first-order valence-electron chi connectivity index (χ1n) is 8.42. The maximum atomic E-state index is 12.6. The van der Waals surface area contributed by atoms with Gasteiger partial charge in [-0.3, -0.25) is 4.79 Å². The zero-order valence-electron chi connectivity index (χ0n) is 14.2. The van der Waals surface area contributed by atoms with Crippen molar-refractivity contribution in [3.05, 3.63) is 53.4 Å². The zero-order chi connectivity index (χ0) is 18.4. The molecule has 1 N–H and O–H groups in total. The molecule has 1 aromatic heterocycles. The van der Waals surface area contributed by atoms with E-state index < -0.39 is 10.0 Å². The van der Waals surface area contributed by atoms with E-state index in [4.69, 9.17) is 0 Å². The Morgan fingerprint density at radius 2 is 2.04 bits per heavy atom. The summed E-state index contributed by atoms with van der Waals surface area (Å²) in [6.45, 7) is 0.928. The maximum Gasteiger partial charge on any atom is 0.252 e. The lowest BCUT2D eigenvalue weighted by atomic mass is 9.99. The largest absolute Gasteiger partial charge is 0.345 e. The van der Waals surface area contributed by atoms with Gasteiger partial charge in [0.1, 0.15) is 4.21 Å². The van der Waals surface area contributed by atoms with Crippen LogP contribution in [0.1, 0.15) is 18.4 Å². The fourth-order valence-corrected chi connectivity index (χ4v) is 5.52. The van der Waals surface area contributed by atoms with E-state index in [1.165, 1.54) is 15.6 Å². The highest BCUT2D eigenvalue weighted by molar-refractivity contribution is 7.91. The summed E-state index contributed by atoms with van der Waals surface area (Å²) in [6, 6.07) is 12.9. The van der Waals surface area contributed by atoms with Crippen LogP contribution in [-0.4, -0.2) is 38.3 Å². The SMILES string of the molecule is O=C(NCC#Cc1ccccc1)C1CCCN(S(=O)(=O)c2cccs2)C1. The molecule has 0 aliphatic carbocycles. The molecule has 5 nitrogen and oxygen atoms in total. The molecule has 0 bridgehead atoms. The first-order valence-corrected chi connectivity index (χ1v) is 10.7. The van der Waals surface area contributed by atoms with Gasteiger partial charge in [0.15, 0.2) is 0 Å². The quantitative estimate of drug-likeness (QED) is 0.818. The maximum absolute atomic E-state index is 12.6.